The molecule has 0 unspecified atom stereocenters. The van der Waals surface area contributed by atoms with Crippen molar-refractivity contribution in [1.82, 2.24) is 0 Å². The molecule has 3 heterocycles. The molecule has 14 rings (SSSR count). The number of hydrogen-bond acceptors (Lipinski definition) is 5. The van der Waals surface area contributed by atoms with Gasteiger partial charge in [-0.3, -0.25) is 0 Å². The summed E-state index contributed by atoms with van der Waals surface area (Å²) in [5.41, 5.74) is 19.7. The van der Waals surface area contributed by atoms with Gasteiger partial charge >= 0.3 is 0 Å². The summed E-state index contributed by atoms with van der Waals surface area (Å²) in [6.45, 7) is 27.4. The molecule has 0 fully saturated rings. The van der Waals surface area contributed by atoms with Crippen LogP contribution in [0.2, 0.25) is 0 Å². The zero-order valence-electron chi connectivity index (χ0n) is 49.2. The van der Waals surface area contributed by atoms with Gasteiger partial charge in [0.1, 0.15) is 33.8 Å². The lowest BCUT2D eigenvalue weighted by Crippen LogP contribution is -2.32. The summed E-state index contributed by atoms with van der Waals surface area (Å²) >= 11 is 0. The van der Waals surface area contributed by atoms with Crippen LogP contribution in [0.25, 0.3) is 55.0 Å². The number of ether oxygens (including phenoxy) is 1. The van der Waals surface area contributed by atoms with Crippen molar-refractivity contribution in [3.8, 4) is 22.6 Å². The summed E-state index contributed by atoms with van der Waals surface area (Å²) in [4.78, 5) is 4.92. The maximum absolute atomic E-state index is 7.56. The molecule has 5 heteroatoms. The Morgan fingerprint density at radius 2 is 0.610 bits per heavy atom. The van der Waals surface area contributed by atoms with Crippen molar-refractivity contribution in [3.05, 3.63) is 251 Å². The molecule has 0 saturated heterocycles. The van der Waals surface area contributed by atoms with Gasteiger partial charge in [-0.2, -0.15) is 0 Å². The van der Waals surface area contributed by atoms with E-state index in [1.807, 2.05) is 0 Å². The summed E-state index contributed by atoms with van der Waals surface area (Å²) in [5.74, 6) is 1.61. The molecule has 1 aliphatic carbocycles. The fourth-order valence-electron chi connectivity index (χ4n) is 13.2. The number of para-hydroxylation sites is 4. The van der Waals surface area contributed by atoms with E-state index in [1.165, 1.54) is 22.3 Å². The van der Waals surface area contributed by atoms with Crippen molar-refractivity contribution in [1.29, 1.82) is 0 Å². The molecule has 1 aliphatic heterocycles. The average Bonchev–Trinajstić information content (AvgIpc) is 1.61. The van der Waals surface area contributed by atoms with Crippen LogP contribution in [0.15, 0.2) is 215 Å². The van der Waals surface area contributed by atoms with Gasteiger partial charge in [-0.05, 0) is 140 Å². The molecule has 0 radical (unpaired) electrons. The van der Waals surface area contributed by atoms with Crippen molar-refractivity contribution in [2.24, 2.45) is 0 Å². The molecule has 406 valence electrons. The number of furan rings is 2. The van der Waals surface area contributed by atoms with Crippen molar-refractivity contribution >= 4 is 78.0 Å². The number of fused-ring (bicyclic) bond motifs is 17. The van der Waals surface area contributed by atoms with Crippen LogP contribution in [-0.2, 0) is 27.1 Å². The average molecular weight is 1070 g/mol. The second-order valence-corrected chi connectivity index (χ2v) is 26.9. The Morgan fingerprint density at radius 3 is 0.927 bits per heavy atom. The van der Waals surface area contributed by atoms with Crippen LogP contribution in [0.3, 0.4) is 0 Å². The van der Waals surface area contributed by atoms with E-state index < -0.39 is 5.41 Å². The molecular weight excluding hydrogens is 1000 g/mol. The molecule has 5 nitrogen and oxygen atoms in total. The minimum atomic E-state index is -0.963. The molecule has 10 aromatic carbocycles. The summed E-state index contributed by atoms with van der Waals surface area (Å²) in [7, 11) is 0. The molecule has 0 saturated carbocycles. The predicted octanol–water partition coefficient (Wildman–Crippen LogP) is 22.1. The normalized spacial score (nSPS) is 13.8. The third-order valence-electron chi connectivity index (χ3n) is 17.6. The Kier molecular flexibility index (Phi) is 11.3. The second kappa shape index (κ2) is 18.1. The van der Waals surface area contributed by atoms with Gasteiger partial charge in [0.15, 0.2) is 0 Å². The summed E-state index contributed by atoms with van der Waals surface area (Å²) < 4.78 is 22.2. The molecule has 1 spiro atoms. The molecule has 0 N–H and O–H groups in total. The van der Waals surface area contributed by atoms with Crippen molar-refractivity contribution < 1.29 is 13.6 Å². The van der Waals surface area contributed by atoms with Gasteiger partial charge in [0.05, 0.1) is 27.6 Å². The van der Waals surface area contributed by atoms with Gasteiger partial charge in [0.25, 0.3) is 0 Å². The Bertz CT molecular complexity index is 4080. The van der Waals surface area contributed by atoms with Gasteiger partial charge in [-0.15, -0.1) is 0 Å². The van der Waals surface area contributed by atoms with Crippen LogP contribution < -0.4 is 14.5 Å². The monoisotopic (exact) mass is 1070 g/mol. The molecule has 2 aromatic heterocycles. The molecule has 0 atom stereocenters. The van der Waals surface area contributed by atoms with Crippen LogP contribution in [0, 0.1) is 0 Å². The number of anilines is 6. The summed E-state index contributed by atoms with van der Waals surface area (Å²) in [6, 6.07) is 76.2. The quantitative estimate of drug-likeness (QED) is 0.166. The SMILES string of the molecule is CC(C)(C)c1ccc(N(c2ccc(C(C)(C)C)cc2)c2cc3c(c4oc5ccccc5c24)-c2c(cc(N(c4ccc(C(C)(C)C)cc4)c4ccc(C(C)(C)C)cc4)c4c2oc2ccccc24)C32c3ccccc3Oc3ccccc32)cc1. The number of benzene rings is 10. The standard InChI is InChI=1S/C77H70N2O3/c1-73(2,3)47-29-37-51(38-30-47)78(52-39-31-48(32-40-52)74(4,5)6)61-45-59-69(71-67(61)55-21-13-17-25-63(55)81-71)70-60(77(59)57-23-15-19-27-65(57)80-66-28-20-16-24-58(66)77)46-62(68-56-22-14-18-26-64(56)82-72(68)70)79(53-41-33-49(34-42-53)75(7,8)9)54-43-35-50(36-44-54)76(10,11)12/h13-46H,1-12H3. The highest BCUT2D eigenvalue weighted by Crippen LogP contribution is 2.67. The van der Waals surface area contributed by atoms with E-state index in [2.05, 4.69) is 299 Å². The molecular formula is C77H70N2O3. The van der Waals surface area contributed by atoms with Gasteiger partial charge in [-0.25, -0.2) is 0 Å². The lowest BCUT2D eigenvalue weighted by atomic mass is 9.65. The minimum absolute atomic E-state index is 0.0382. The van der Waals surface area contributed by atoms with Crippen LogP contribution in [-0.4, -0.2) is 0 Å². The van der Waals surface area contributed by atoms with Crippen LogP contribution in [0.1, 0.15) is 128 Å². The first-order valence-corrected chi connectivity index (χ1v) is 29.1. The minimum Gasteiger partial charge on any atom is -0.457 e. The Morgan fingerprint density at radius 1 is 0.317 bits per heavy atom. The fourth-order valence-corrected chi connectivity index (χ4v) is 13.2. The van der Waals surface area contributed by atoms with Gasteiger partial charge in [0, 0.05) is 55.8 Å². The van der Waals surface area contributed by atoms with Crippen LogP contribution >= 0.6 is 0 Å². The van der Waals surface area contributed by atoms with Crippen molar-refractivity contribution in [2.45, 2.75) is 110 Å². The molecule has 12 aromatic rings. The predicted molar refractivity (Wildman–Crippen MR) is 343 cm³/mol. The van der Waals surface area contributed by atoms with E-state index >= 15 is 0 Å². The molecule has 0 bridgehead atoms. The van der Waals surface area contributed by atoms with Gasteiger partial charge in [0.2, 0.25) is 0 Å². The lowest BCUT2D eigenvalue weighted by Gasteiger charge is -2.40. The van der Waals surface area contributed by atoms with Crippen LogP contribution in [0.4, 0.5) is 34.1 Å². The van der Waals surface area contributed by atoms with Crippen LogP contribution in [0.5, 0.6) is 11.5 Å². The van der Waals surface area contributed by atoms with E-state index in [4.69, 9.17) is 13.6 Å². The van der Waals surface area contributed by atoms with Gasteiger partial charge in [-0.1, -0.05) is 204 Å². The topological polar surface area (TPSA) is 42.0 Å². The maximum atomic E-state index is 7.56. The Labute approximate surface area is 482 Å². The van der Waals surface area contributed by atoms with E-state index in [9.17, 15) is 0 Å². The van der Waals surface area contributed by atoms with E-state index in [-0.39, 0.29) is 21.7 Å². The lowest BCUT2D eigenvalue weighted by molar-refractivity contribution is 0.436. The highest BCUT2D eigenvalue weighted by atomic mass is 16.5. The van der Waals surface area contributed by atoms with Gasteiger partial charge < -0.3 is 23.4 Å². The smallest absolute Gasteiger partial charge is 0.145 e. The van der Waals surface area contributed by atoms with E-state index in [1.54, 1.807) is 0 Å². The fraction of sp³-hybridized carbons (Fsp3) is 0.221. The zero-order chi connectivity index (χ0) is 56.8. The Balaban J connectivity index is 1.17. The Hall–Kier alpha value is -8.80. The number of rotatable bonds is 6. The maximum Gasteiger partial charge on any atom is 0.145 e. The highest BCUT2D eigenvalue weighted by Gasteiger charge is 2.54. The van der Waals surface area contributed by atoms with Crippen molar-refractivity contribution in [2.75, 3.05) is 9.80 Å². The van der Waals surface area contributed by atoms with E-state index in [0.29, 0.717) is 0 Å². The number of hydrogen-bond donors (Lipinski definition) is 0. The highest BCUT2D eigenvalue weighted by molar-refractivity contribution is 6.25. The van der Waals surface area contributed by atoms with Crippen molar-refractivity contribution in [3.63, 3.8) is 0 Å². The first kappa shape index (κ1) is 51.4. The molecule has 82 heavy (non-hydrogen) atoms. The third kappa shape index (κ3) is 7.87. The largest absolute Gasteiger partial charge is 0.457 e. The van der Waals surface area contributed by atoms with E-state index in [0.717, 1.165) is 123 Å². The zero-order valence-corrected chi connectivity index (χ0v) is 49.2. The number of nitrogens with zero attached hydrogens (tertiary/aromatic N) is 2. The molecule has 0 amide bonds. The summed E-state index contributed by atoms with van der Waals surface area (Å²) in [5, 5.41) is 4.13. The molecule has 2 aliphatic rings. The second-order valence-electron chi connectivity index (χ2n) is 26.9. The first-order chi connectivity index (χ1) is 39.2. The third-order valence-corrected chi connectivity index (χ3v) is 17.6. The first-order valence-electron chi connectivity index (χ1n) is 29.1. The summed E-state index contributed by atoms with van der Waals surface area (Å²) in [6.07, 6.45) is 0.